The van der Waals surface area contributed by atoms with Crippen molar-refractivity contribution >= 4 is 31.5 Å². The minimum atomic E-state index is -0.338. The zero-order valence-corrected chi connectivity index (χ0v) is 17.6. The van der Waals surface area contributed by atoms with Crippen LogP contribution < -0.4 is 4.90 Å². The molecule has 2 saturated heterocycles. The Kier molecular flexibility index (Phi) is 5.78. The third-order valence-electron chi connectivity index (χ3n) is 5.85. The van der Waals surface area contributed by atoms with E-state index in [0.717, 1.165) is 37.2 Å². The number of anilines is 1. The van der Waals surface area contributed by atoms with E-state index in [9.17, 15) is 0 Å². The standard InChI is InChI=1S/C20H31BN2O2S/c1-19(2)20(3,4)25-21(24-19)17(15-26)14-16-6-8-18(9-7-16)23-12-10-22(5)11-13-23/h6-9,14,26H,10-13,15H2,1-5H3. The van der Waals surface area contributed by atoms with E-state index in [1.165, 1.54) is 5.69 Å². The van der Waals surface area contributed by atoms with Crippen LogP contribution in [0.1, 0.15) is 33.3 Å². The SMILES string of the molecule is CN1CCN(c2ccc(C=C(CS)B3OC(C)(C)C(C)(C)O3)cc2)CC1. The molecule has 2 heterocycles. The van der Waals surface area contributed by atoms with Crippen molar-refractivity contribution in [3.63, 3.8) is 0 Å². The van der Waals surface area contributed by atoms with Gasteiger partial charge in [0.05, 0.1) is 11.2 Å². The van der Waals surface area contributed by atoms with E-state index in [4.69, 9.17) is 9.31 Å². The molecule has 1 aromatic carbocycles. The van der Waals surface area contributed by atoms with Crippen LogP contribution in [0, 0.1) is 0 Å². The maximum atomic E-state index is 6.17. The number of nitrogens with zero attached hydrogens (tertiary/aromatic N) is 2. The van der Waals surface area contributed by atoms with Gasteiger partial charge in [0.15, 0.2) is 0 Å². The minimum Gasteiger partial charge on any atom is -0.400 e. The lowest BCUT2D eigenvalue weighted by atomic mass is 9.78. The molecule has 2 fully saturated rings. The monoisotopic (exact) mass is 374 g/mol. The predicted molar refractivity (Wildman–Crippen MR) is 114 cm³/mol. The topological polar surface area (TPSA) is 24.9 Å². The summed E-state index contributed by atoms with van der Waals surface area (Å²) in [6.45, 7) is 12.7. The zero-order valence-electron chi connectivity index (χ0n) is 16.7. The van der Waals surface area contributed by atoms with Gasteiger partial charge in [-0.1, -0.05) is 18.2 Å². The third kappa shape index (κ3) is 4.14. The average Bonchev–Trinajstić information content (AvgIpc) is 2.81. The van der Waals surface area contributed by atoms with Crippen LogP contribution in [0.15, 0.2) is 29.7 Å². The van der Waals surface area contributed by atoms with Crippen LogP contribution in [0.25, 0.3) is 6.08 Å². The number of thiol groups is 1. The van der Waals surface area contributed by atoms with Gasteiger partial charge in [-0.3, -0.25) is 0 Å². The smallest absolute Gasteiger partial charge is 0.400 e. The van der Waals surface area contributed by atoms with Gasteiger partial charge in [-0.05, 0) is 57.9 Å². The third-order valence-corrected chi connectivity index (χ3v) is 6.22. The highest BCUT2D eigenvalue weighted by atomic mass is 32.1. The van der Waals surface area contributed by atoms with Crippen molar-refractivity contribution in [1.82, 2.24) is 4.90 Å². The summed E-state index contributed by atoms with van der Waals surface area (Å²) in [5, 5.41) is 0. The van der Waals surface area contributed by atoms with Gasteiger partial charge in [0.1, 0.15) is 0 Å². The summed E-state index contributed by atoms with van der Waals surface area (Å²) in [5.74, 6) is 0.608. The predicted octanol–water partition coefficient (Wildman–Crippen LogP) is 3.38. The number of hydrogen-bond acceptors (Lipinski definition) is 5. The molecule has 0 saturated carbocycles. The van der Waals surface area contributed by atoms with Crippen LogP contribution in [-0.4, -0.2) is 62.2 Å². The first-order chi connectivity index (χ1) is 12.2. The highest BCUT2D eigenvalue weighted by Gasteiger charge is 2.52. The van der Waals surface area contributed by atoms with Gasteiger partial charge in [0, 0.05) is 37.6 Å². The molecule has 1 aromatic rings. The van der Waals surface area contributed by atoms with Crippen molar-refractivity contribution in [3.8, 4) is 0 Å². The van der Waals surface area contributed by atoms with Crippen molar-refractivity contribution in [2.75, 3.05) is 43.9 Å². The first-order valence-corrected chi connectivity index (χ1v) is 10.1. The van der Waals surface area contributed by atoms with Gasteiger partial charge in [-0.25, -0.2) is 0 Å². The van der Waals surface area contributed by atoms with Gasteiger partial charge in [0.2, 0.25) is 0 Å². The van der Waals surface area contributed by atoms with Crippen LogP contribution in [0.3, 0.4) is 0 Å². The Morgan fingerprint density at radius 3 is 2.08 bits per heavy atom. The van der Waals surface area contributed by atoms with Gasteiger partial charge < -0.3 is 19.1 Å². The number of rotatable bonds is 4. The molecule has 0 atom stereocenters. The lowest BCUT2D eigenvalue weighted by molar-refractivity contribution is 0.00578. The van der Waals surface area contributed by atoms with E-state index >= 15 is 0 Å². The average molecular weight is 374 g/mol. The number of benzene rings is 1. The van der Waals surface area contributed by atoms with E-state index in [1.54, 1.807) is 0 Å². The largest absolute Gasteiger partial charge is 0.491 e. The second kappa shape index (κ2) is 7.59. The van der Waals surface area contributed by atoms with E-state index in [-0.39, 0.29) is 18.3 Å². The van der Waals surface area contributed by atoms with Gasteiger partial charge in [-0.15, -0.1) is 0 Å². The molecule has 0 amide bonds. The second-order valence-electron chi connectivity index (χ2n) is 8.35. The first kappa shape index (κ1) is 19.8. The lowest BCUT2D eigenvalue weighted by Crippen LogP contribution is -2.44. The molecule has 2 aliphatic heterocycles. The highest BCUT2D eigenvalue weighted by molar-refractivity contribution is 7.80. The van der Waals surface area contributed by atoms with Gasteiger partial charge >= 0.3 is 7.12 Å². The van der Waals surface area contributed by atoms with Crippen LogP contribution in [0.4, 0.5) is 5.69 Å². The fraction of sp³-hybridized carbons (Fsp3) is 0.600. The molecule has 0 radical (unpaired) electrons. The summed E-state index contributed by atoms with van der Waals surface area (Å²) in [6.07, 6.45) is 2.14. The van der Waals surface area contributed by atoms with Crippen LogP contribution in [0.2, 0.25) is 0 Å². The molecule has 0 spiro atoms. The van der Waals surface area contributed by atoms with E-state index < -0.39 is 0 Å². The number of hydrogen-bond donors (Lipinski definition) is 1. The molecule has 0 aliphatic carbocycles. The molecule has 142 valence electrons. The van der Waals surface area contributed by atoms with Crippen molar-refractivity contribution < 1.29 is 9.31 Å². The zero-order chi connectivity index (χ0) is 18.9. The summed E-state index contributed by atoms with van der Waals surface area (Å²) >= 11 is 4.51. The number of piperazine rings is 1. The second-order valence-corrected chi connectivity index (χ2v) is 8.66. The van der Waals surface area contributed by atoms with Crippen LogP contribution in [0.5, 0.6) is 0 Å². The molecular formula is C20H31BN2O2S. The van der Waals surface area contributed by atoms with E-state index in [0.29, 0.717) is 5.75 Å². The molecule has 3 rings (SSSR count). The molecule has 0 bridgehead atoms. The Hall–Kier alpha value is -0.945. The quantitative estimate of drug-likeness (QED) is 0.645. The summed E-state index contributed by atoms with van der Waals surface area (Å²) in [6, 6.07) is 8.75. The van der Waals surface area contributed by atoms with Crippen LogP contribution in [-0.2, 0) is 9.31 Å². The highest BCUT2D eigenvalue weighted by Crippen LogP contribution is 2.39. The van der Waals surface area contributed by atoms with E-state index in [2.05, 4.69) is 87.5 Å². The van der Waals surface area contributed by atoms with Crippen molar-refractivity contribution in [1.29, 1.82) is 0 Å². The lowest BCUT2D eigenvalue weighted by Gasteiger charge is -2.34. The summed E-state index contributed by atoms with van der Waals surface area (Å²) in [7, 11) is 1.84. The van der Waals surface area contributed by atoms with Crippen LogP contribution >= 0.6 is 12.6 Å². The Balaban J connectivity index is 1.72. The maximum Gasteiger partial charge on any atom is 0.491 e. The Bertz CT molecular complexity index is 636. The van der Waals surface area contributed by atoms with Crippen molar-refractivity contribution in [3.05, 3.63) is 35.3 Å². The first-order valence-electron chi connectivity index (χ1n) is 9.42. The summed E-state index contributed by atoms with van der Waals surface area (Å²) in [4.78, 5) is 4.82. The molecule has 2 aliphatic rings. The van der Waals surface area contributed by atoms with Crippen molar-refractivity contribution in [2.45, 2.75) is 38.9 Å². The molecule has 0 aromatic heterocycles. The normalized spacial score (nSPS) is 23.5. The molecule has 6 heteroatoms. The molecule has 26 heavy (non-hydrogen) atoms. The Morgan fingerprint density at radius 1 is 1.04 bits per heavy atom. The van der Waals surface area contributed by atoms with Gasteiger partial charge in [-0.2, -0.15) is 12.6 Å². The number of likely N-dealkylation sites (N-methyl/N-ethyl adjacent to an activating group) is 1. The van der Waals surface area contributed by atoms with E-state index in [1.807, 2.05) is 0 Å². The summed E-state index contributed by atoms with van der Waals surface area (Å²) in [5.41, 5.74) is 2.84. The minimum absolute atomic E-state index is 0.328. The molecule has 4 nitrogen and oxygen atoms in total. The fourth-order valence-corrected chi connectivity index (χ4v) is 3.48. The Labute approximate surface area is 164 Å². The molecule has 0 N–H and O–H groups in total. The Morgan fingerprint density at radius 2 is 1.58 bits per heavy atom. The van der Waals surface area contributed by atoms with Crippen molar-refractivity contribution in [2.24, 2.45) is 0 Å². The molecular weight excluding hydrogens is 343 g/mol. The summed E-state index contributed by atoms with van der Waals surface area (Å²) < 4.78 is 12.3. The van der Waals surface area contributed by atoms with Gasteiger partial charge in [0.25, 0.3) is 0 Å². The fourth-order valence-electron chi connectivity index (χ4n) is 3.24. The maximum absolute atomic E-state index is 6.17. The molecule has 0 unspecified atom stereocenters.